The molecule has 74 heavy (non-hydrogen) atoms. The quantitative estimate of drug-likeness (QED) is 0.0285. The highest BCUT2D eigenvalue weighted by Crippen LogP contribution is 2.09. The predicted molar refractivity (Wildman–Crippen MR) is 260 cm³/mol. The van der Waals surface area contributed by atoms with E-state index in [4.69, 9.17) is 16.6 Å². The molecule has 10 atom stereocenters. The monoisotopic (exact) mass is 1070 g/mol. The smallest absolute Gasteiger partial charge is 0.326 e. The molecule has 0 saturated heterocycles. The van der Waals surface area contributed by atoms with E-state index in [1.54, 1.807) is 44.2 Å². The molecule has 0 radical (unpaired) electrons. The number of amides is 10. The highest BCUT2D eigenvalue weighted by Gasteiger charge is 2.35. The SMILES string of the molecule is CC(C)C[C@H](NC(=O)CNC(=O)[C@H](CC(N)=O)NC(=O)[C@@H](NC(=O)[C@H](CCC(=O)O)NC(=O)[C@H](CS)NC(=O)[C@H](C)NC(=O)[C@H](CO)NC(=O)[C@@H](N)Cc1ccccc1)[C@@H](C)O)C(=O)N[C@@H](CCC(=O)O)C(=O)O. The lowest BCUT2D eigenvalue weighted by Crippen LogP contribution is -2.62. The lowest BCUT2D eigenvalue weighted by molar-refractivity contribution is -0.143. The van der Waals surface area contributed by atoms with Gasteiger partial charge in [0.25, 0.3) is 0 Å². The summed E-state index contributed by atoms with van der Waals surface area (Å²) in [6.07, 6.45) is -5.10. The number of carbonyl (C=O) groups excluding carboxylic acids is 10. The lowest BCUT2D eigenvalue weighted by atomic mass is 10.0. The maximum atomic E-state index is 13.6. The maximum Gasteiger partial charge on any atom is 0.326 e. The van der Waals surface area contributed by atoms with Crippen LogP contribution in [0.3, 0.4) is 0 Å². The second-order valence-electron chi connectivity index (χ2n) is 17.3. The Hall–Kier alpha value is -7.44. The summed E-state index contributed by atoms with van der Waals surface area (Å²) >= 11 is 4.06. The fourth-order valence-corrected chi connectivity index (χ4v) is 6.74. The molecule has 0 saturated carbocycles. The summed E-state index contributed by atoms with van der Waals surface area (Å²) in [5.74, 6) is -15.9. The topological polar surface area (TPSA) is 483 Å². The Bertz CT molecular complexity index is 2170. The first-order valence-electron chi connectivity index (χ1n) is 22.9. The van der Waals surface area contributed by atoms with Crippen molar-refractivity contribution in [3.63, 3.8) is 0 Å². The second-order valence-corrected chi connectivity index (χ2v) is 17.6. The number of hydrogen-bond acceptors (Lipinski definition) is 17. The number of benzene rings is 1. The summed E-state index contributed by atoms with van der Waals surface area (Å²) in [7, 11) is 0. The summed E-state index contributed by atoms with van der Waals surface area (Å²) < 4.78 is 0. The van der Waals surface area contributed by atoms with E-state index in [2.05, 4.69) is 60.5 Å². The largest absolute Gasteiger partial charge is 0.481 e. The first-order chi connectivity index (χ1) is 34.6. The standard InChI is InChI=1S/C44H67N11O18S/c1-20(2)14-27(40(68)51-26(44(72)73)11-13-34(62)63)49-32(59)17-47-38(66)28(16-31(46)58)52-43(71)35(22(4)57)55-39(67)25(10-12-33(60)61)50-42(70)30(19-74)54-36(64)21(3)48-41(69)29(18-56)53-37(65)24(45)15-23-8-6-5-7-9-23/h5-9,20-22,24-30,35,56-57,74H,10-19,45H2,1-4H3,(H2,46,58)(H,47,66)(H,48,69)(H,49,59)(H,50,70)(H,51,68)(H,52,71)(H,53,65)(H,54,64)(H,55,67)(H,60,61)(H,62,63)(H,72,73)/t21-,22+,24-,25-,26-,27-,28-,29-,30-,35-/m0/s1. The van der Waals surface area contributed by atoms with E-state index in [0.717, 1.165) is 12.5 Å². The molecule has 1 rings (SSSR count). The minimum atomic E-state index is -1.99. The van der Waals surface area contributed by atoms with Crippen LogP contribution >= 0.6 is 12.6 Å². The van der Waals surface area contributed by atoms with Crippen molar-refractivity contribution in [2.24, 2.45) is 17.4 Å². The van der Waals surface area contributed by atoms with Crippen LogP contribution in [0, 0.1) is 5.92 Å². The van der Waals surface area contributed by atoms with Gasteiger partial charge in [-0.25, -0.2) is 4.79 Å². The molecule has 0 bridgehead atoms. The summed E-state index contributed by atoms with van der Waals surface area (Å²) in [5.41, 5.74) is 12.0. The average Bonchev–Trinajstić information content (AvgIpc) is 3.31. The van der Waals surface area contributed by atoms with Crippen LogP contribution in [0.25, 0.3) is 0 Å². The number of carboxylic acids is 3. The van der Waals surface area contributed by atoms with Crippen molar-refractivity contribution in [1.29, 1.82) is 0 Å². The van der Waals surface area contributed by atoms with Crippen LogP contribution in [-0.4, -0.2) is 182 Å². The number of nitrogens with one attached hydrogen (secondary N) is 9. The van der Waals surface area contributed by atoms with E-state index < -0.39 is 188 Å². The molecule has 0 aliphatic rings. The van der Waals surface area contributed by atoms with Crippen molar-refractivity contribution in [3.05, 3.63) is 35.9 Å². The Kier molecular flexibility index (Phi) is 28.4. The molecular weight excluding hydrogens is 1000 g/mol. The molecule has 0 aromatic heterocycles. The number of carbonyl (C=O) groups is 13. The minimum Gasteiger partial charge on any atom is -0.481 e. The molecule has 0 fully saturated rings. The zero-order chi connectivity index (χ0) is 56.4. The van der Waals surface area contributed by atoms with E-state index in [9.17, 15) is 82.8 Å². The summed E-state index contributed by atoms with van der Waals surface area (Å²) in [6, 6.07) is -5.60. The van der Waals surface area contributed by atoms with Crippen molar-refractivity contribution in [2.45, 2.75) is 133 Å². The Morgan fingerprint density at radius 3 is 1.59 bits per heavy atom. The fourth-order valence-electron chi connectivity index (χ4n) is 6.48. The van der Waals surface area contributed by atoms with Crippen LogP contribution in [-0.2, 0) is 68.7 Å². The van der Waals surface area contributed by atoms with Crippen molar-refractivity contribution < 1.29 is 87.9 Å². The molecule has 1 aromatic rings. The Labute approximate surface area is 429 Å². The van der Waals surface area contributed by atoms with Crippen molar-refractivity contribution >= 4 is 89.6 Å². The molecular formula is C44H67N11O18S. The highest BCUT2D eigenvalue weighted by molar-refractivity contribution is 7.80. The van der Waals surface area contributed by atoms with E-state index in [1.165, 1.54) is 6.92 Å². The molecule has 0 aliphatic carbocycles. The van der Waals surface area contributed by atoms with Crippen LogP contribution in [0.2, 0.25) is 0 Å². The second kappa shape index (κ2) is 32.6. The Morgan fingerprint density at radius 1 is 0.581 bits per heavy atom. The van der Waals surface area contributed by atoms with E-state index in [-0.39, 0.29) is 18.8 Å². The van der Waals surface area contributed by atoms with Crippen LogP contribution < -0.4 is 59.3 Å². The number of aliphatic hydroxyl groups excluding tert-OH is 2. The van der Waals surface area contributed by atoms with Crippen LogP contribution in [0.15, 0.2) is 30.3 Å². The lowest BCUT2D eigenvalue weighted by Gasteiger charge is -2.27. The van der Waals surface area contributed by atoms with Gasteiger partial charge in [0.2, 0.25) is 59.1 Å². The zero-order valence-corrected chi connectivity index (χ0v) is 41.8. The van der Waals surface area contributed by atoms with Gasteiger partial charge in [-0.2, -0.15) is 12.6 Å². The third kappa shape index (κ3) is 24.3. The molecule has 1 aromatic carbocycles. The van der Waals surface area contributed by atoms with Crippen molar-refractivity contribution in [1.82, 2.24) is 47.9 Å². The number of nitrogens with two attached hydrogens (primary N) is 2. The molecule has 0 aliphatic heterocycles. The normalized spacial score (nSPS) is 15.0. The molecule has 0 heterocycles. The molecule has 0 unspecified atom stereocenters. The minimum absolute atomic E-state index is 0.0402. The van der Waals surface area contributed by atoms with Gasteiger partial charge in [-0.1, -0.05) is 44.2 Å². The van der Waals surface area contributed by atoms with Gasteiger partial charge in [0.05, 0.1) is 31.7 Å². The Balaban J connectivity index is 3.10. The van der Waals surface area contributed by atoms with Gasteiger partial charge in [0, 0.05) is 18.6 Å². The number of rotatable bonds is 34. The molecule has 30 heteroatoms. The van der Waals surface area contributed by atoms with Gasteiger partial charge in [-0.05, 0) is 51.0 Å². The summed E-state index contributed by atoms with van der Waals surface area (Å²) in [4.78, 5) is 164. The maximum absolute atomic E-state index is 13.6. The number of thiol groups is 1. The first kappa shape index (κ1) is 64.6. The van der Waals surface area contributed by atoms with E-state index in [1.807, 2.05) is 0 Å². The Morgan fingerprint density at radius 2 is 1.08 bits per heavy atom. The first-order valence-corrected chi connectivity index (χ1v) is 23.6. The molecule has 29 nitrogen and oxygen atoms in total. The number of primary amides is 1. The number of hydrogen-bond donors (Lipinski definition) is 17. The van der Waals surface area contributed by atoms with Gasteiger partial charge in [0.1, 0.15) is 48.3 Å². The van der Waals surface area contributed by atoms with Gasteiger partial charge < -0.3 is 84.9 Å². The van der Waals surface area contributed by atoms with Crippen LogP contribution in [0.5, 0.6) is 0 Å². The number of carboxylic acid groups (broad SMARTS) is 3. The number of aliphatic hydroxyl groups is 2. The zero-order valence-electron chi connectivity index (χ0n) is 41.0. The van der Waals surface area contributed by atoms with Gasteiger partial charge in [0.15, 0.2) is 0 Å². The third-order valence-corrected chi connectivity index (χ3v) is 10.8. The van der Waals surface area contributed by atoms with Crippen LogP contribution in [0.1, 0.15) is 71.8 Å². The van der Waals surface area contributed by atoms with E-state index >= 15 is 0 Å². The van der Waals surface area contributed by atoms with E-state index in [0.29, 0.717) is 0 Å². The molecule has 18 N–H and O–H groups in total. The fraction of sp³-hybridized carbons (Fsp3) is 0.568. The predicted octanol–water partition coefficient (Wildman–Crippen LogP) is -6.39. The molecule has 0 spiro atoms. The van der Waals surface area contributed by atoms with Crippen molar-refractivity contribution in [2.75, 3.05) is 18.9 Å². The van der Waals surface area contributed by atoms with Crippen molar-refractivity contribution in [3.8, 4) is 0 Å². The molecule has 412 valence electrons. The number of aliphatic carboxylic acids is 3. The average molecular weight is 1070 g/mol. The highest BCUT2D eigenvalue weighted by atomic mass is 32.1. The van der Waals surface area contributed by atoms with Gasteiger partial charge >= 0.3 is 17.9 Å². The summed E-state index contributed by atoms with van der Waals surface area (Å²) in [6.45, 7) is 3.76. The summed E-state index contributed by atoms with van der Waals surface area (Å²) in [5, 5.41) is 68.0. The molecule has 10 amide bonds. The van der Waals surface area contributed by atoms with Crippen LogP contribution in [0.4, 0.5) is 0 Å². The van der Waals surface area contributed by atoms with Gasteiger partial charge in [-0.3, -0.25) is 57.5 Å². The van der Waals surface area contributed by atoms with Gasteiger partial charge in [-0.15, -0.1) is 0 Å². The third-order valence-electron chi connectivity index (χ3n) is 10.4.